The zero-order valence-corrected chi connectivity index (χ0v) is 15.1. The summed E-state index contributed by atoms with van der Waals surface area (Å²) in [5.41, 5.74) is 10.7. The van der Waals surface area contributed by atoms with E-state index in [1.165, 1.54) is 21.6 Å². The number of aliphatic imine (C=N–C) groups is 1. The lowest BCUT2D eigenvalue weighted by molar-refractivity contribution is 1.07. The molecule has 108 valence electrons. The Morgan fingerprint density at radius 1 is 1.15 bits per heavy atom. The summed E-state index contributed by atoms with van der Waals surface area (Å²) < 4.78 is 0. The van der Waals surface area contributed by atoms with Crippen LogP contribution in [0.4, 0.5) is 5.69 Å². The number of thiophene rings is 1. The Morgan fingerprint density at radius 3 is 2.50 bits per heavy atom. The van der Waals surface area contributed by atoms with Crippen molar-refractivity contribution in [2.24, 2.45) is 10.7 Å². The molecule has 1 aromatic heterocycles. The fraction of sp³-hybridized carbons (Fsp3) is 0.267. The lowest BCUT2D eigenvalue weighted by Crippen LogP contribution is -2.22. The molecule has 0 aliphatic rings. The van der Waals surface area contributed by atoms with Crippen LogP contribution in [-0.4, -0.2) is 5.96 Å². The number of rotatable bonds is 3. The van der Waals surface area contributed by atoms with Crippen LogP contribution in [0, 0.1) is 20.8 Å². The summed E-state index contributed by atoms with van der Waals surface area (Å²) in [5, 5.41) is 5.20. The van der Waals surface area contributed by atoms with Gasteiger partial charge < -0.3 is 11.1 Å². The van der Waals surface area contributed by atoms with Crippen molar-refractivity contribution in [1.82, 2.24) is 0 Å². The number of halogens is 1. The van der Waals surface area contributed by atoms with Crippen LogP contribution in [0.3, 0.4) is 0 Å². The molecule has 1 heterocycles. The second kappa shape index (κ2) is 7.64. The van der Waals surface area contributed by atoms with Gasteiger partial charge in [-0.15, -0.1) is 35.3 Å². The molecule has 3 N–H and O–H groups in total. The predicted octanol–water partition coefficient (Wildman–Crippen LogP) is 4.22. The number of benzene rings is 1. The van der Waals surface area contributed by atoms with Crippen LogP contribution in [-0.2, 0) is 6.54 Å². The van der Waals surface area contributed by atoms with Crippen molar-refractivity contribution in [3.63, 3.8) is 0 Å². The number of nitrogens with zero attached hydrogens (tertiary/aromatic N) is 1. The fourth-order valence-corrected chi connectivity index (χ4v) is 2.56. The molecular formula is C15H20IN3S. The average Bonchev–Trinajstić information content (AvgIpc) is 2.77. The van der Waals surface area contributed by atoms with Gasteiger partial charge in [0.2, 0.25) is 0 Å². The molecule has 0 spiro atoms. The number of aryl methyl sites for hydroxylation is 3. The number of hydrogen-bond acceptors (Lipinski definition) is 2. The van der Waals surface area contributed by atoms with E-state index in [0.29, 0.717) is 12.5 Å². The Balaban J connectivity index is 0.00000200. The minimum atomic E-state index is 0. The molecule has 0 amide bonds. The van der Waals surface area contributed by atoms with Gasteiger partial charge in [-0.05, 0) is 61.0 Å². The van der Waals surface area contributed by atoms with Crippen molar-refractivity contribution in [2.75, 3.05) is 5.32 Å². The first-order chi connectivity index (χ1) is 9.06. The molecule has 5 heteroatoms. The second-order valence-electron chi connectivity index (χ2n) is 4.65. The van der Waals surface area contributed by atoms with Crippen LogP contribution in [0.25, 0.3) is 0 Å². The van der Waals surface area contributed by atoms with Crippen molar-refractivity contribution in [3.05, 3.63) is 51.2 Å². The molecule has 0 bridgehead atoms. The Morgan fingerprint density at radius 2 is 1.90 bits per heavy atom. The van der Waals surface area contributed by atoms with E-state index in [1.54, 1.807) is 11.3 Å². The van der Waals surface area contributed by atoms with Gasteiger partial charge in [0.1, 0.15) is 0 Å². The Hall–Kier alpha value is -1.08. The molecule has 20 heavy (non-hydrogen) atoms. The zero-order valence-electron chi connectivity index (χ0n) is 11.9. The van der Waals surface area contributed by atoms with Crippen molar-refractivity contribution in [1.29, 1.82) is 0 Å². The largest absolute Gasteiger partial charge is 0.370 e. The van der Waals surface area contributed by atoms with Crippen molar-refractivity contribution >= 4 is 47.0 Å². The lowest BCUT2D eigenvalue weighted by Gasteiger charge is -2.08. The number of anilines is 1. The summed E-state index contributed by atoms with van der Waals surface area (Å²) in [6.45, 7) is 6.90. The summed E-state index contributed by atoms with van der Waals surface area (Å²) in [6.07, 6.45) is 0. The van der Waals surface area contributed by atoms with E-state index >= 15 is 0 Å². The molecule has 0 radical (unpaired) electrons. The molecule has 0 fully saturated rings. The summed E-state index contributed by atoms with van der Waals surface area (Å²) in [6, 6.07) is 8.27. The number of nitrogens with two attached hydrogens (primary N) is 1. The maximum atomic E-state index is 5.90. The molecular weight excluding hydrogens is 381 g/mol. The molecule has 3 nitrogen and oxygen atoms in total. The molecule has 0 saturated heterocycles. The topological polar surface area (TPSA) is 50.4 Å². The standard InChI is InChI=1S/C15H19N3S.HI/c1-10-4-5-13(8-12(10)3)18-15(16)17-9-14-11(2)6-7-19-14;/h4-8H,9H2,1-3H3,(H3,16,17,18);1H. The third-order valence-corrected chi connectivity index (χ3v) is 4.15. The van der Waals surface area contributed by atoms with Gasteiger partial charge in [0.25, 0.3) is 0 Å². The number of hydrogen-bond donors (Lipinski definition) is 2. The van der Waals surface area contributed by atoms with Crippen LogP contribution in [0.1, 0.15) is 21.6 Å². The van der Waals surface area contributed by atoms with Crippen LogP contribution < -0.4 is 11.1 Å². The highest BCUT2D eigenvalue weighted by molar-refractivity contribution is 14.0. The normalized spacial score (nSPS) is 11.1. The highest BCUT2D eigenvalue weighted by Gasteiger charge is 2.00. The van der Waals surface area contributed by atoms with Gasteiger partial charge in [-0.1, -0.05) is 6.07 Å². The Bertz CT molecular complexity index is 605. The van der Waals surface area contributed by atoms with Crippen LogP contribution in [0.2, 0.25) is 0 Å². The van der Waals surface area contributed by atoms with E-state index in [2.05, 4.69) is 54.7 Å². The Labute approximate surface area is 141 Å². The third kappa shape index (κ3) is 4.49. The molecule has 0 unspecified atom stereocenters. The van der Waals surface area contributed by atoms with Crippen molar-refractivity contribution in [3.8, 4) is 0 Å². The highest BCUT2D eigenvalue weighted by Crippen LogP contribution is 2.17. The fourth-order valence-electron chi connectivity index (χ4n) is 1.73. The van der Waals surface area contributed by atoms with Crippen LogP contribution in [0.15, 0.2) is 34.6 Å². The zero-order chi connectivity index (χ0) is 13.8. The quantitative estimate of drug-likeness (QED) is 0.460. The van der Waals surface area contributed by atoms with Gasteiger partial charge in [0.15, 0.2) is 5.96 Å². The maximum absolute atomic E-state index is 5.90. The molecule has 0 saturated carbocycles. The van der Waals surface area contributed by atoms with Crippen LogP contribution >= 0.6 is 35.3 Å². The van der Waals surface area contributed by atoms with E-state index in [1.807, 2.05) is 6.07 Å². The molecule has 2 rings (SSSR count). The van der Waals surface area contributed by atoms with Gasteiger partial charge in [-0.3, -0.25) is 0 Å². The summed E-state index contributed by atoms with van der Waals surface area (Å²) in [7, 11) is 0. The predicted molar refractivity (Wildman–Crippen MR) is 99.3 cm³/mol. The smallest absolute Gasteiger partial charge is 0.193 e. The van der Waals surface area contributed by atoms with Gasteiger partial charge in [-0.25, -0.2) is 4.99 Å². The van der Waals surface area contributed by atoms with Gasteiger partial charge in [-0.2, -0.15) is 0 Å². The second-order valence-corrected chi connectivity index (χ2v) is 5.65. The van der Waals surface area contributed by atoms with E-state index < -0.39 is 0 Å². The first-order valence-electron chi connectivity index (χ1n) is 6.23. The minimum absolute atomic E-state index is 0. The van der Waals surface area contributed by atoms with Crippen LogP contribution in [0.5, 0.6) is 0 Å². The molecule has 0 aliphatic carbocycles. The Kier molecular flexibility index (Phi) is 6.48. The summed E-state index contributed by atoms with van der Waals surface area (Å²) >= 11 is 1.71. The van der Waals surface area contributed by atoms with E-state index in [-0.39, 0.29) is 24.0 Å². The highest BCUT2D eigenvalue weighted by atomic mass is 127. The summed E-state index contributed by atoms with van der Waals surface area (Å²) in [4.78, 5) is 5.62. The van der Waals surface area contributed by atoms with Gasteiger partial charge >= 0.3 is 0 Å². The molecule has 1 aromatic carbocycles. The monoisotopic (exact) mass is 401 g/mol. The average molecular weight is 401 g/mol. The molecule has 2 aromatic rings. The van der Waals surface area contributed by atoms with E-state index in [9.17, 15) is 0 Å². The minimum Gasteiger partial charge on any atom is -0.370 e. The van der Waals surface area contributed by atoms with Gasteiger partial charge in [0, 0.05) is 10.6 Å². The van der Waals surface area contributed by atoms with Crippen molar-refractivity contribution in [2.45, 2.75) is 27.3 Å². The summed E-state index contributed by atoms with van der Waals surface area (Å²) in [5.74, 6) is 0.455. The number of guanidine groups is 1. The third-order valence-electron chi connectivity index (χ3n) is 3.14. The lowest BCUT2D eigenvalue weighted by atomic mass is 10.1. The van der Waals surface area contributed by atoms with Gasteiger partial charge in [0.05, 0.1) is 6.54 Å². The maximum Gasteiger partial charge on any atom is 0.193 e. The van der Waals surface area contributed by atoms with E-state index in [0.717, 1.165) is 5.69 Å². The molecule has 0 atom stereocenters. The SMILES string of the molecule is Cc1ccc(NC(N)=NCc2sccc2C)cc1C.I. The first kappa shape index (κ1) is 17.0. The first-order valence-corrected chi connectivity index (χ1v) is 7.11. The van der Waals surface area contributed by atoms with E-state index in [4.69, 9.17) is 5.73 Å². The molecule has 0 aliphatic heterocycles. The number of nitrogens with one attached hydrogen (secondary N) is 1. The van der Waals surface area contributed by atoms with Crippen molar-refractivity contribution < 1.29 is 0 Å².